The van der Waals surface area contributed by atoms with Gasteiger partial charge in [-0.1, -0.05) is 36.4 Å². The van der Waals surface area contributed by atoms with Crippen LogP contribution in [0.15, 0.2) is 60.7 Å². The van der Waals surface area contributed by atoms with E-state index in [1.54, 1.807) is 6.07 Å². The maximum atomic E-state index is 14.9. The molecule has 3 heterocycles. The van der Waals surface area contributed by atoms with Gasteiger partial charge >= 0.3 is 5.97 Å². The first-order valence-electron chi connectivity index (χ1n) is 11.2. The molecule has 0 bridgehead atoms. The van der Waals surface area contributed by atoms with Gasteiger partial charge in [0.15, 0.2) is 5.65 Å². The minimum Gasteiger partial charge on any atom is -0.481 e. The number of aliphatic carboxylic acids is 1. The molecule has 2 aromatic heterocycles. The summed E-state index contributed by atoms with van der Waals surface area (Å²) in [7, 11) is 0. The zero-order valence-corrected chi connectivity index (χ0v) is 18.0. The van der Waals surface area contributed by atoms with E-state index in [2.05, 4.69) is 34.2 Å². The first kappa shape index (κ1) is 20.1. The van der Waals surface area contributed by atoms with Crippen LogP contribution in [0.3, 0.4) is 0 Å². The van der Waals surface area contributed by atoms with Crippen molar-refractivity contribution in [1.82, 2.24) is 19.9 Å². The SMILES string of the molecule is O=C(O)C1CN(Cc2ccc(-c3nc4nc(C5(c6ccccc6)CC5)ccc4[nH]3)c(F)c2)C1. The van der Waals surface area contributed by atoms with Crippen molar-refractivity contribution >= 4 is 17.1 Å². The van der Waals surface area contributed by atoms with Gasteiger partial charge in [-0.05, 0) is 48.2 Å². The molecule has 0 radical (unpaired) electrons. The zero-order chi connectivity index (χ0) is 22.6. The molecule has 4 aromatic rings. The number of aromatic nitrogens is 3. The molecule has 2 aliphatic rings. The number of imidazole rings is 1. The van der Waals surface area contributed by atoms with Gasteiger partial charge in [-0.25, -0.2) is 14.4 Å². The molecule has 1 saturated heterocycles. The van der Waals surface area contributed by atoms with E-state index >= 15 is 0 Å². The highest BCUT2D eigenvalue weighted by Gasteiger charge is 2.47. The fraction of sp³-hybridized carbons (Fsp3) is 0.269. The van der Waals surface area contributed by atoms with Gasteiger partial charge in [0.2, 0.25) is 0 Å². The van der Waals surface area contributed by atoms with E-state index in [-0.39, 0.29) is 17.2 Å². The first-order valence-corrected chi connectivity index (χ1v) is 11.2. The Bertz CT molecular complexity index is 1360. The lowest BCUT2D eigenvalue weighted by atomic mass is 9.92. The van der Waals surface area contributed by atoms with Gasteiger partial charge in [-0.3, -0.25) is 9.69 Å². The largest absolute Gasteiger partial charge is 0.481 e. The highest BCUT2D eigenvalue weighted by Crippen LogP contribution is 2.52. The fourth-order valence-corrected chi connectivity index (χ4v) is 4.82. The van der Waals surface area contributed by atoms with Gasteiger partial charge in [0.1, 0.15) is 11.6 Å². The summed E-state index contributed by atoms with van der Waals surface area (Å²) in [6.45, 7) is 1.54. The van der Waals surface area contributed by atoms with Crippen LogP contribution >= 0.6 is 0 Å². The van der Waals surface area contributed by atoms with Crippen LogP contribution in [0.5, 0.6) is 0 Å². The number of hydrogen-bond acceptors (Lipinski definition) is 4. The van der Waals surface area contributed by atoms with E-state index in [0.717, 1.165) is 29.6 Å². The Kier molecular flexibility index (Phi) is 4.55. The number of H-pyrrole nitrogens is 1. The van der Waals surface area contributed by atoms with E-state index in [1.165, 1.54) is 11.6 Å². The molecule has 0 spiro atoms. The van der Waals surface area contributed by atoms with Gasteiger partial charge in [0, 0.05) is 25.0 Å². The summed E-state index contributed by atoms with van der Waals surface area (Å²) < 4.78 is 14.9. The molecule has 1 aliphatic carbocycles. The average Bonchev–Trinajstić information content (AvgIpc) is 3.49. The van der Waals surface area contributed by atoms with Crippen molar-refractivity contribution < 1.29 is 14.3 Å². The van der Waals surface area contributed by atoms with Crippen molar-refractivity contribution in [2.24, 2.45) is 5.92 Å². The molecule has 6 nitrogen and oxygen atoms in total. The Morgan fingerprint density at radius 1 is 1.09 bits per heavy atom. The molecule has 0 amide bonds. The lowest BCUT2D eigenvalue weighted by Gasteiger charge is -2.36. The summed E-state index contributed by atoms with van der Waals surface area (Å²) in [4.78, 5) is 25.6. The number of nitrogens with one attached hydrogen (secondary N) is 1. The van der Waals surface area contributed by atoms with E-state index in [1.807, 2.05) is 29.2 Å². The second-order valence-electron chi connectivity index (χ2n) is 9.14. The Hall–Kier alpha value is -3.58. The standard InChI is InChI=1S/C26H23FN4O2/c27-20-12-16(13-31-14-17(15-31)25(32)33)6-7-19(20)23-28-21-8-9-22(29-24(21)30-23)26(10-11-26)18-4-2-1-3-5-18/h1-9,12,17H,10-11,13-15H2,(H,32,33)(H,28,29,30). The number of halogens is 1. The fourth-order valence-electron chi connectivity index (χ4n) is 4.82. The second-order valence-corrected chi connectivity index (χ2v) is 9.14. The van der Waals surface area contributed by atoms with E-state index in [9.17, 15) is 9.18 Å². The van der Waals surface area contributed by atoms with Crippen LogP contribution in [0.25, 0.3) is 22.6 Å². The Morgan fingerprint density at radius 2 is 1.88 bits per heavy atom. The van der Waals surface area contributed by atoms with Crippen molar-refractivity contribution in [3.05, 3.63) is 83.3 Å². The van der Waals surface area contributed by atoms with Crippen molar-refractivity contribution in [2.75, 3.05) is 13.1 Å². The Balaban J connectivity index is 1.25. The monoisotopic (exact) mass is 442 g/mol. The zero-order valence-electron chi connectivity index (χ0n) is 18.0. The van der Waals surface area contributed by atoms with Gasteiger partial charge in [0.25, 0.3) is 0 Å². The highest BCUT2D eigenvalue weighted by molar-refractivity contribution is 5.76. The summed E-state index contributed by atoms with van der Waals surface area (Å²) in [6, 6.07) is 19.5. The van der Waals surface area contributed by atoms with E-state index in [0.29, 0.717) is 36.7 Å². The van der Waals surface area contributed by atoms with Crippen molar-refractivity contribution in [2.45, 2.75) is 24.8 Å². The topological polar surface area (TPSA) is 82.1 Å². The van der Waals surface area contributed by atoms with Gasteiger partial charge in [0.05, 0.1) is 22.7 Å². The molecule has 166 valence electrons. The first-order chi connectivity index (χ1) is 16.0. The molecular formula is C26H23FN4O2. The summed E-state index contributed by atoms with van der Waals surface area (Å²) in [5.41, 5.74) is 4.81. The number of aromatic amines is 1. The Morgan fingerprint density at radius 3 is 2.58 bits per heavy atom. The number of carbonyl (C=O) groups is 1. The smallest absolute Gasteiger partial charge is 0.309 e. The van der Waals surface area contributed by atoms with Crippen molar-refractivity contribution in [1.29, 1.82) is 0 Å². The predicted octanol–water partition coefficient (Wildman–Crippen LogP) is 4.36. The molecule has 2 aromatic carbocycles. The average molecular weight is 442 g/mol. The number of rotatable bonds is 6. The molecule has 1 aliphatic heterocycles. The van der Waals surface area contributed by atoms with E-state index in [4.69, 9.17) is 10.1 Å². The summed E-state index contributed by atoms with van der Waals surface area (Å²) in [5, 5.41) is 9.00. The summed E-state index contributed by atoms with van der Waals surface area (Å²) >= 11 is 0. The molecule has 2 N–H and O–H groups in total. The molecule has 0 unspecified atom stereocenters. The van der Waals surface area contributed by atoms with Crippen LogP contribution in [0.4, 0.5) is 4.39 Å². The number of fused-ring (bicyclic) bond motifs is 1. The number of carboxylic acids is 1. The highest BCUT2D eigenvalue weighted by atomic mass is 19.1. The summed E-state index contributed by atoms with van der Waals surface area (Å²) in [5.74, 6) is -0.993. The third-order valence-corrected chi connectivity index (χ3v) is 6.91. The number of pyridine rings is 1. The van der Waals surface area contributed by atoms with Crippen LogP contribution in [0, 0.1) is 11.7 Å². The third kappa shape index (κ3) is 3.49. The van der Waals surface area contributed by atoms with Crippen LogP contribution in [-0.4, -0.2) is 44.0 Å². The second kappa shape index (κ2) is 7.49. The summed E-state index contributed by atoms with van der Waals surface area (Å²) in [6.07, 6.45) is 2.13. The quantitative estimate of drug-likeness (QED) is 0.464. The minimum absolute atomic E-state index is 0.0437. The van der Waals surface area contributed by atoms with E-state index < -0.39 is 5.97 Å². The molecule has 0 atom stereocenters. The molecule has 33 heavy (non-hydrogen) atoms. The molecule has 7 heteroatoms. The number of nitrogens with zero attached hydrogens (tertiary/aromatic N) is 3. The maximum absolute atomic E-state index is 14.9. The number of likely N-dealkylation sites (tertiary alicyclic amines) is 1. The van der Waals surface area contributed by atoms with Crippen molar-refractivity contribution in [3.8, 4) is 11.4 Å². The van der Waals surface area contributed by atoms with Crippen LogP contribution < -0.4 is 0 Å². The normalized spacial score (nSPS) is 17.7. The molecular weight excluding hydrogens is 419 g/mol. The third-order valence-electron chi connectivity index (χ3n) is 6.91. The lowest BCUT2D eigenvalue weighted by molar-refractivity contribution is -0.147. The molecule has 2 fully saturated rings. The molecule has 6 rings (SSSR count). The van der Waals surface area contributed by atoms with Crippen molar-refractivity contribution in [3.63, 3.8) is 0 Å². The lowest BCUT2D eigenvalue weighted by Crippen LogP contribution is -2.49. The van der Waals surface area contributed by atoms with Crippen LogP contribution in [-0.2, 0) is 16.8 Å². The maximum Gasteiger partial charge on any atom is 0.309 e. The van der Waals surface area contributed by atoms with Crippen LogP contribution in [0.1, 0.15) is 29.7 Å². The van der Waals surface area contributed by atoms with Gasteiger partial charge in [-0.2, -0.15) is 0 Å². The van der Waals surface area contributed by atoms with Crippen LogP contribution in [0.2, 0.25) is 0 Å². The molecule has 1 saturated carbocycles. The predicted molar refractivity (Wildman–Crippen MR) is 122 cm³/mol. The number of carboxylic acid groups (broad SMARTS) is 1. The minimum atomic E-state index is -0.772. The van der Waals surface area contributed by atoms with Gasteiger partial charge in [-0.15, -0.1) is 0 Å². The number of benzene rings is 2. The Labute approximate surface area is 190 Å². The number of hydrogen-bond donors (Lipinski definition) is 2. The van der Waals surface area contributed by atoms with Gasteiger partial charge < -0.3 is 10.1 Å².